The van der Waals surface area contributed by atoms with Crippen LogP contribution in [0.3, 0.4) is 0 Å². The minimum absolute atomic E-state index is 0.0433. The molecule has 75 heavy (non-hydrogen) atoms. The minimum atomic E-state index is -0.481. The van der Waals surface area contributed by atoms with Gasteiger partial charge in [-0.25, -0.2) is 15.0 Å². The van der Waals surface area contributed by atoms with Crippen molar-refractivity contribution < 1.29 is 14.0 Å². The van der Waals surface area contributed by atoms with Crippen molar-refractivity contribution in [3.8, 4) is 84.4 Å². The average Bonchev–Trinajstić information content (AvgIpc) is 3.34. The van der Waals surface area contributed by atoms with E-state index in [1.807, 2.05) is 91.3 Å². The van der Waals surface area contributed by atoms with Gasteiger partial charge in [0, 0.05) is 99.9 Å². The van der Waals surface area contributed by atoms with E-state index in [1.54, 1.807) is 40.4 Å². The standard InChI is InChI=1S/C67H40N6OS/c1-5-26-58-51(18-1)52-19-2-6-27-59(52)73(58)60-28-7-3-21-56(60)67-71-65(70-66(72-67)48-36-46(44-16-12-32-68-39-44)35-47(37-48)45-17-13-33-69-40-45)43-15-9-14-41(34-43)50-23-11-25-55-57-38-42(30-31-62(57)75-64(50)55)49-22-10-24-54-53-20-4-8-29-61(53)74-63(49)54/h1-40H/i1D,2D,5D,18D,19D,26D,27D. The van der Waals surface area contributed by atoms with E-state index in [-0.39, 0.29) is 57.8 Å². The molecule has 0 saturated heterocycles. The lowest BCUT2D eigenvalue weighted by Crippen LogP contribution is -2.04. The van der Waals surface area contributed by atoms with Crippen LogP contribution in [0.2, 0.25) is 0 Å². The average molecular weight is 984 g/mol. The largest absolute Gasteiger partial charge is 0.455 e. The van der Waals surface area contributed by atoms with Gasteiger partial charge < -0.3 is 8.98 Å². The van der Waals surface area contributed by atoms with Crippen molar-refractivity contribution in [2.24, 2.45) is 0 Å². The topological polar surface area (TPSA) is 82.5 Å². The van der Waals surface area contributed by atoms with E-state index in [4.69, 9.17) is 26.2 Å². The van der Waals surface area contributed by atoms with Crippen LogP contribution in [0.5, 0.6) is 0 Å². The molecule has 0 fully saturated rings. The quantitative estimate of drug-likeness (QED) is 0.151. The van der Waals surface area contributed by atoms with Gasteiger partial charge in [-0.2, -0.15) is 0 Å². The monoisotopic (exact) mass is 983 g/mol. The lowest BCUT2D eigenvalue weighted by atomic mass is 9.97. The predicted molar refractivity (Wildman–Crippen MR) is 308 cm³/mol. The maximum Gasteiger partial charge on any atom is 0.166 e. The van der Waals surface area contributed by atoms with Gasteiger partial charge in [-0.15, -0.1) is 11.3 Å². The molecule has 0 amide bonds. The first-order valence-corrected chi connectivity index (χ1v) is 25.2. The fraction of sp³-hybridized carbons (Fsp3) is 0. The highest BCUT2D eigenvalue weighted by atomic mass is 32.1. The number of para-hydroxylation sites is 5. The zero-order valence-corrected chi connectivity index (χ0v) is 40.4. The van der Waals surface area contributed by atoms with E-state index in [0.29, 0.717) is 34.0 Å². The fourth-order valence-electron chi connectivity index (χ4n) is 10.5. The number of thiophene rings is 1. The van der Waals surface area contributed by atoms with Crippen LogP contribution in [0.1, 0.15) is 9.60 Å². The minimum Gasteiger partial charge on any atom is -0.455 e. The number of benzene rings is 9. The molecule has 0 atom stereocenters. The summed E-state index contributed by atoms with van der Waals surface area (Å²) in [6.07, 6.45) is 7.08. The molecule has 0 saturated carbocycles. The van der Waals surface area contributed by atoms with Crippen LogP contribution in [0.25, 0.3) is 148 Å². The number of furan rings is 1. The molecular formula is C67H40N6OS. The van der Waals surface area contributed by atoms with Crippen LogP contribution < -0.4 is 0 Å². The van der Waals surface area contributed by atoms with Crippen molar-refractivity contribution in [2.45, 2.75) is 0 Å². The van der Waals surface area contributed by atoms with Gasteiger partial charge >= 0.3 is 0 Å². The highest BCUT2D eigenvalue weighted by Crippen LogP contribution is 2.44. The molecule has 0 aliphatic carbocycles. The first-order chi connectivity index (χ1) is 40.1. The summed E-state index contributed by atoms with van der Waals surface area (Å²) in [7, 11) is 0. The van der Waals surface area contributed by atoms with Gasteiger partial charge in [0.1, 0.15) is 11.2 Å². The Morgan fingerprint density at radius 1 is 0.400 bits per heavy atom. The van der Waals surface area contributed by atoms with Gasteiger partial charge in [-0.3, -0.25) is 9.97 Å². The zero-order valence-electron chi connectivity index (χ0n) is 46.6. The van der Waals surface area contributed by atoms with Gasteiger partial charge in [0.25, 0.3) is 0 Å². The van der Waals surface area contributed by atoms with Gasteiger partial charge in [0.2, 0.25) is 0 Å². The normalized spacial score (nSPS) is 13.0. The molecule has 8 heteroatoms. The molecule has 350 valence electrons. The van der Waals surface area contributed by atoms with Crippen LogP contribution in [-0.4, -0.2) is 29.5 Å². The first kappa shape index (κ1) is 36.1. The van der Waals surface area contributed by atoms with E-state index in [0.717, 1.165) is 86.6 Å². The van der Waals surface area contributed by atoms with Crippen molar-refractivity contribution in [1.29, 1.82) is 0 Å². The summed E-state index contributed by atoms with van der Waals surface area (Å²) < 4.78 is 73.3. The Hall–Kier alpha value is -9.89. The molecule has 0 N–H and O–H groups in total. The number of hydrogen-bond donors (Lipinski definition) is 0. The van der Waals surface area contributed by atoms with Crippen molar-refractivity contribution in [2.75, 3.05) is 0 Å². The van der Waals surface area contributed by atoms with Crippen LogP contribution in [0, 0.1) is 0 Å². The second kappa shape index (κ2) is 17.4. The summed E-state index contributed by atoms with van der Waals surface area (Å²) in [5.41, 5.74) is 11.7. The zero-order chi connectivity index (χ0) is 55.5. The number of fused-ring (bicyclic) bond motifs is 9. The lowest BCUT2D eigenvalue weighted by molar-refractivity contribution is 0.670. The Labute approximate surface area is 444 Å². The van der Waals surface area contributed by atoms with E-state index in [1.165, 1.54) is 6.07 Å². The number of pyridine rings is 2. The van der Waals surface area contributed by atoms with Gasteiger partial charge in [0.15, 0.2) is 17.5 Å². The van der Waals surface area contributed by atoms with Crippen LogP contribution in [0.15, 0.2) is 247 Å². The molecule has 0 aliphatic rings. The Morgan fingerprint density at radius 2 is 1.01 bits per heavy atom. The molecule has 0 aliphatic heterocycles. The molecular weight excluding hydrogens is 937 g/mol. The summed E-state index contributed by atoms with van der Waals surface area (Å²) >= 11 is 1.74. The molecule has 15 aromatic rings. The Kier molecular flexibility index (Phi) is 8.38. The number of hydrogen-bond acceptors (Lipinski definition) is 7. The molecule has 0 unspecified atom stereocenters. The SMILES string of the molecule is [2H]c1cc([2H])c2c(c1[2H])c1c([2H])c([2H])c([2H])c([2H])c1n2-c1ccccc1-c1nc(-c2cc(-c3cccnc3)cc(-c3cccnc3)c2)nc(-c2cccc(-c3cccc4c3sc3ccc(-c5cccc6c5oc5ccccc56)cc34)c2)n1. The van der Waals surface area contributed by atoms with Crippen molar-refractivity contribution in [3.05, 3.63) is 243 Å². The molecule has 6 heterocycles. The first-order valence-electron chi connectivity index (χ1n) is 27.9. The Balaban J connectivity index is 0.937. The molecule has 7 nitrogen and oxygen atoms in total. The van der Waals surface area contributed by atoms with Crippen LogP contribution >= 0.6 is 11.3 Å². The Morgan fingerprint density at radius 3 is 1.84 bits per heavy atom. The lowest BCUT2D eigenvalue weighted by Gasteiger charge is -2.15. The summed E-state index contributed by atoms with van der Waals surface area (Å²) in [6, 6.07) is 55.8. The molecule has 0 radical (unpaired) electrons. The summed E-state index contributed by atoms with van der Waals surface area (Å²) in [5.74, 6) is 0.938. The van der Waals surface area contributed by atoms with Gasteiger partial charge in [-0.05, 0) is 107 Å². The smallest absolute Gasteiger partial charge is 0.166 e. The molecule has 9 aromatic carbocycles. The number of aromatic nitrogens is 6. The summed E-state index contributed by atoms with van der Waals surface area (Å²) in [6.45, 7) is 0. The third kappa shape index (κ3) is 7.22. The van der Waals surface area contributed by atoms with Crippen LogP contribution in [-0.2, 0) is 0 Å². The van der Waals surface area contributed by atoms with Gasteiger partial charge in [-0.1, -0.05) is 139 Å². The van der Waals surface area contributed by atoms with Crippen molar-refractivity contribution in [3.63, 3.8) is 0 Å². The molecule has 0 spiro atoms. The third-order valence-corrected chi connectivity index (χ3v) is 15.1. The highest BCUT2D eigenvalue weighted by Gasteiger charge is 2.21. The summed E-state index contributed by atoms with van der Waals surface area (Å²) in [4.78, 5) is 24.8. The van der Waals surface area contributed by atoms with E-state index >= 15 is 0 Å². The molecule has 6 aromatic heterocycles. The third-order valence-electron chi connectivity index (χ3n) is 13.9. The van der Waals surface area contributed by atoms with E-state index in [9.17, 15) is 2.74 Å². The summed E-state index contributed by atoms with van der Waals surface area (Å²) in [5, 5.41) is 4.56. The fourth-order valence-corrected chi connectivity index (χ4v) is 11.7. The molecule has 15 rings (SSSR count). The second-order valence-corrected chi connectivity index (χ2v) is 19.4. The predicted octanol–water partition coefficient (Wildman–Crippen LogP) is 17.7. The number of nitrogens with zero attached hydrogens (tertiary/aromatic N) is 6. The maximum absolute atomic E-state index is 9.32. The highest BCUT2D eigenvalue weighted by molar-refractivity contribution is 7.26. The van der Waals surface area contributed by atoms with Gasteiger partial charge in [0.05, 0.1) is 26.3 Å². The van der Waals surface area contributed by atoms with Crippen LogP contribution in [0.4, 0.5) is 0 Å². The second-order valence-electron chi connectivity index (χ2n) is 18.3. The van der Waals surface area contributed by atoms with E-state index in [2.05, 4.69) is 88.8 Å². The number of rotatable bonds is 8. The maximum atomic E-state index is 9.32. The van der Waals surface area contributed by atoms with E-state index < -0.39 is 12.1 Å². The molecule has 0 bridgehead atoms. The van der Waals surface area contributed by atoms with Crippen molar-refractivity contribution >= 4 is 75.3 Å². The van der Waals surface area contributed by atoms with Crippen molar-refractivity contribution in [1.82, 2.24) is 29.5 Å². The Bertz CT molecular complexity index is 5100.